The van der Waals surface area contributed by atoms with Crippen LogP contribution < -0.4 is 21.3 Å². The van der Waals surface area contributed by atoms with Crippen molar-refractivity contribution < 1.29 is 39.0 Å². The topological polar surface area (TPSA) is 191 Å². The van der Waals surface area contributed by atoms with Crippen molar-refractivity contribution >= 4 is 35.6 Å². The summed E-state index contributed by atoms with van der Waals surface area (Å²) in [6, 6.07) is 0. The molecule has 12 nitrogen and oxygen atoms in total. The van der Waals surface area contributed by atoms with Crippen molar-refractivity contribution in [2.75, 3.05) is 26.2 Å². The average molecular weight is 473 g/mol. The van der Waals surface area contributed by atoms with E-state index >= 15 is 0 Å². The summed E-state index contributed by atoms with van der Waals surface area (Å²) < 4.78 is 0. The van der Waals surface area contributed by atoms with E-state index in [0.717, 1.165) is 57.8 Å². The van der Waals surface area contributed by atoms with Crippen molar-refractivity contribution in [2.45, 2.75) is 70.6 Å². The van der Waals surface area contributed by atoms with Crippen LogP contribution in [0.15, 0.2) is 0 Å². The molecule has 6 N–H and O–H groups in total. The zero-order valence-corrected chi connectivity index (χ0v) is 19.0. The van der Waals surface area contributed by atoms with Crippen LogP contribution in [0.5, 0.6) is 0 Å². The number of unbranched alkanes of at least 4 members (excludes halogenated alkanes) is 8. The minimum atomic E-state index is -1.14. The number of nitrogens with one attached hydrogen (secondary N) is 4. The molecular weight excluding hydrogens is 436 g/mol. The SMILES string of the molecule is O=C(O)CNC(=O)CNC(=O)CCCCCCCCCCCC(=O)NCC(=O)NCC(=O)O. The molecule has 0 aromatic carbocycles. The van der Waals surface area contributed by atoms with E-state index in [1.165, 1.54) is 0 Å². The molecular formula is C21H36N4O8. The average Bonchev–Trinajstić information content (AvgIpc) is 2.76. The fourth-order valence-corrected chi connectivity index (χ4v) is 2.82. The first-order chi connectivity index (χ1) is 15.7. The minimum absolute atomic E-state index is 0.226. The molecule has 0 aliphatic heterocycles. The molecule has 33 heavy (non-hydrogen) atoms. The predicted octanol–water partition coefficient (Wildman–Crippen LogP) is -0.0885. The highest BCUT2D eigenvalue weighted by Crippen LogP contribution is 2.11. The lowest BCUT2D eigenvalue weighted by atomic mass is 10.1. The lowest BCUT2D eigenvalue weighted by molar-refractivity contribution is -0.138. The van der Waals surface area contributed by atoms with Gasteiger partial charge >= 0.3 is 11.9 Å². The van der Waals surface area contributed by atoms with E-state index in [-0.39, 0.29) is 24.9 Å². The van der Waals surface area contributed by atoms with E-state index < -0.39 is 36.8 Å². The number of hydrogen-bond donors (Lipinski definition) is 6. The highest BCUT2D eigenvalue weighted by molar-refractivity contribution is 5.87. The minimum Gasteiger partial charge on any atom is -0.480 e. The summed E-state index contributed by atoms with van der Waals surface area (Å²) in [4.78, 5) is 66.4. The first kappa shape index (κ1) is 29.8. The van der Waals surface area contributed by atoms with Gasteiger partial charge in [0.25, 0.3) is 0 Å². The van der Waals surface area contributed by atoms with Gasteiger partial charge in [-0.15, -0.1) is 0 Å². The van der Waals surface area contributed by atoms with Gasteiger partial charge in [0.15, 0.2) is 0 Å². The molecule has 12 heteroatoms. The first-order valence-electron chi connectivity index (χ1n) is 11.2. The molecule has 0 saturated heterocycles. The summed E-state index contributed by atoms with van der Waals surface area (Å²) in [6.07, 6.45) is 9.17. The Hall–Kier alpha value is -3.18. The van der Waals surface area contributed by atoms with Gasteiger partial charge in [0.05, 0.1) is 13.1 Å². The summed E-state index contributed by atoms with van der Waals surface area (Å²) in [5, 5.41) is 26.1. The zero-order chi connectivity index (χ0) is 24.9. The van der Waals surface area contributed by atoms with Crippen LogP contribution in [0.25, 0.3) is 0 Å². The molecule has 0 unspecified atom stereocenters. The largest absolute Gasteiger partial charge is 0.480 e. The summed E-state index contributed by atoms with van der Waals surface area (Å²) in [5.41, 5.74) is 0. The van der Waals surface area contributed by atoms with Crippen LogP contribution in [0.4, 0.5) is 0 Å². The van der Waals surface area contributed by atoms with Crippen LogP contribution in [-0.4, -0.2) is 72.0 Å². The smallest absolute Gasteiger partial charge is 0.322 e. The molecule has 0 saturated carbocycles. The van der Waals surface area contributed by atoms with Crippen molar-refractivity contribution in [3.05, 3.63) is 0 Å². The van der Waals surface area contributed by atoms with Crippen molar-refractivity contribution in [3.63, 3.8) is 0 Å². The molecule has 0 aliphatic carbocycles. The highest BCUT2D eigenvalue weighted by Gasteiger charge is 2.08. The van der Waals surface area contributed by atoms with Crippen LogP contribution in [0.3, 0.4) is 0 Å². The van der Waals surface area contributed by atoms with E-state index in [1.807, 2.05) is 0 Å². The summed E-state index contributed by atoms with van der Waals surface area (Å²) in [5.74, 6) is -3.82. The van der Waals surface area contributed by atoms with E-state index in [4.69, 9.17) is 10.2 Å². The van der Waals surface area contributed by atoms with E-state index in [0.29, 0.717) is 12.8 Å². The van der Waals surface area contributed by atoms with Crippen LogP contribution in [0, 0.1) is 0 Å². The van der Waals surface area contributed by atoms with Gasteiger partial charge in [-0.1, -0.05) is 44.9 Å². The number of amides is 4. The molecule has 0 radical (unpaired) electrons. The van der Waals surface area contributed by atoms with Crippen molar-refractivity contribution in [3.8, 4) is 0 Å². The molecule has 0 rings (SSSR count). The maximum Gasteiger partial charge on any atom is 0.322 e. The van der Waals surface area contributed by atoms with Gasteiger partial charge in [-0.05, 0) is 12.8 Å². The number of carbonyl (C=O) groups is 6. The molecule has 0 aromatic rings. The Morgan fingerprint density at radius 3 is 0.970 bits per heavy atom. The maximum absolute atomic E-state index is 11.6. The third-order valence-corrected chi connectivity index (χ3v) is 4.57. The third kappa shape index (κ3) is 21.8. The van der Waals surface area contributed by atoms with Crippen LogP contribution in [0.2, 0.25) is 0 Å². The summed E-state index contributed by atoms with van der Waals surface area (Å²) in [6.45, 7) is -1.39. The molecule has 0 aliphatic rings. The van der Waals surface area contributed by atoms with E-state index in [2.05, 4.69) is 21.3 Å². The fraction of sp³-hybridized carbons (Fsp3) is 0.714. The maximum atomic E-state index is 11.6. The summed E-state index contributed by atoms with van der Waals surface area (Å²) in [7, 11) is 0. The molecule has 0 atom stereocenters. The predicted molar refractivity (Wildman–Crippen MR) is 118 cm³/mol. The Balaban J connectivity index is 3.44. The van der Waals surface area contributed by atoms with Crippen LogP contribution >= 0.6 is 0 Å². The van der Waals surface area contributed by atoms with Crippen molar-refractivity contribution in [1.82, 2.24) is 21.3 Å². The van der Waals surface area contributed by atoms with E-state index in [1.54, 1.807) is 0 Å². The lowest BCUT2D eigenvalue weighted by Crippen LogP contribution is -2.38. The Labute approximate surface area is 193 Å². The molecule has 0 fully saturated rings. The molecule has 0 aromatic heterocycles. The highest BCUT2D eigenvalue weighted by atomic mass is 16.4. The number of hydrogen-bond acceptors (Lipinski definition) is 6. The van der Waals surface area contributed by atoms with Crippen molar-refractivity contribution in [1.29, 1.82) is 0 Å². The fourth-order valence-electron chi connectivity index (χ4n) is 2.82. The van der Waals surface area contributed by atoms with Gasteiger partial charge in [0, 0.05) is 12.8 Å². The van der Waals surface area contributed by atoms with Gasteiger partial charge in [0.1, 0.15) is 13.1 Å². The van der Waals surface area contributed by atoms with Gasteiger partial charge < -0.3 is 31.5 Å². The van der Waals surface area contributed by atoms with Gasteiger partial charge in [0.2, 0.25) is 23.6 Å². The number of aliphatic carboxylic acids is 2. The normalized spacial score (nSPS) is 10.2. The third-order valence-electron chi connectivity index (χ3n) is 4.57. The quantitative estimate of drug-likeness (QED) is 0.132. The number of carboxylic acid groups (broad SMARTS) is 2. The zero-order valence-electron chi connectivity index (χ0n) is 19.0. The number of carboxylic acids is 2. The van der Waals surface area contributed by atoms with Crippen LogP contribution in [-0.2, 0) is 28.8 Å². The van der Waals surface area contributed by atoms with Gasteiger partial charge in [-0.25, -0.2) is 0 Å². The van der Waals surface area contributed by atoms with Crippen LogP contribution in [0.1, 0.15) is 70.6 Å². The monoisotopic (exact) mass is 472 g/mol. The Morgan fingerprint density at radius 1 is 0.394 bits per heavy atom. The second kappa shape index (κ2) is 19.5. The summed E-state index contributed by atoms with van der Waals surface area (Å²) >= 11 is 0. The Bertz CT molecular complexity index is 600. The van der Waals surface area contributed by atoms with Gasteiger partial charge in [-0.2, -0.15) is 0 Å². The second-order valence-corrected chi connectivity index (χ2v) is 7.58. The molecule has 0 bridgehead atoms. The first-order valence-corrected chi connectivity index (χ1v) is 11.2. The second-order valence-electron chi connectivity index (χ2n) is 7.58. The number of rotatable bonds is 20. The standard InChI is InChI=1S/C21H36N4O8/c26-16(22-12-18(28)24-14-20(30)31)10-8-6-4-2-1-3-5-7-9-11-17(27)23-13-19(29)25-15-21(32)33/h1-15H2,(H,22,26)(H,23,27)(H,24,28)(H,25,29)(H,30,31)(H,32,33). The Morgan fingerprint density at radius 2 is 0.667 bits per heavy atom. The number of carbonyl (C=O) groups excluding carboxylic acids is 4. The molecule has 0 spiro atoms. The van der Waals surface area contributed by atoms with Crippen molar-refractivity contribution in [2.24, 2.45) is 0 Å². The van der Waals surface area contributed by atoms with E-state index in [9.17, 15) is 28.8 Å². The molecule has 188 valence electrons. The molecule has 4 amide bonds. The Kier molecular flexibility index (Phi) is 17.6. The molecule has 0 heterocycles. The van der Waals surface area contributed by atoms with Gasteiger partial charge in [-0.3, -0.25) is 28.8 Å². The lowest BCUT2D eigenvalue weighted by Gasteiger charge is -2.06.